The number of morpholine rings is 1. The van der Waals surface area contributed by atoms with Crippen LogP contribution in [-0.2, 0) is 4.74 Å². The van der Waals surface area contributed by atoms with Gasteiger partial charge in [-0.05, 0) is 44.9 Å². The molecular formula is C17H25N3O2. The van der Waals surface area contributed by atoms with Crippen molar-refractivity contribution < 1.29 is 9.53 Å². The molecular weight excluding hydrogens is 278 g/mol. The smallest absolute Gasteiger partial charge is 0.255 e. The van der Waals surface area contributed by atoms with E-state index in [0.717, 1.165) is 31.9 Å². The maximum absolute atomic E-state index is 12.8. The van der Waals surface area contributed by atoms with Crippen molar-refractivity contribution in [2.45, 2.75) is 25.9 Å². The second kappa shape index (κ2) is 6.75. The number of carbonyl (C=O) groups excluding carboxylic acids is 1. The molecule has 1 atom stereocenters. The molecule has 3 rings (SSSR count). The number of pyridine rings is 1. The Balaban J connectivity index is 1.68. The average molecular weight is 303 g/mol. The van der Waals surface area contributed by atoms with Gasteiger partial charge in [0.25, 0.3) is 5.91 Å². The topological polar surface area (TPSA) is 45.7 Å². The lowest BCUT2D eigenvalue weighted by atomic mass is 10.2. The number of likely N-dealkylation sites (N-methyl/N-ethyl adjacent to an activating group) is 1. The molecule has 0 aromatic carbocycles. The minimum atomic E-state index is 0.0798. The van der Waals surface area contributed by atoms with Crippen LogP contribution in [0.2, 0.25) is 0 Å². The fourth-order valence-corrected chi connectivity index (χ4v) is 2.85. The Bertz CT molecular complexity index is 513. The van der Waals surface area contributed by atoms with E-state index in [0.29, 0.717) is 18.0 Å². The van der Waals surface area contributed by atoms with E-state index in [9.17, 15) is 4.79 Å². The zero-order chi connectivity index (χ0) is 15.5. The minimum Gasteiger partial charge on any atom is -0.374 e. The summed E-state index contributed by atoms with van der Waals surface area (Å²) in [6.07, 6.45) is 4.27. The highest BCUT2D eigenvalue weighted by Crippen LogP contribution is 2.30. The van der Waals surface area contributed by atoms with Crippen LogP contribution >= 0.6 is 0 Å². The van der Waals surface area contributed by atoms with Crippen LogP contribution in [0.4, 0.5) is 0 Å². The maximum atomic E-state index is 12.8. The quantitative estimate of drug-likeness (QED) is 0.828. The van der Waals surface area contributed by atoms with E-state index < -0.39 is 0 Å². The Morgan fingerprint density at radius 3 is 2.86 bits per heavy atom. The first kappa shape index (κ1) is 15.4. The SMILES string of the molecule is Cc1ccc(C(=O)N(CC2CC2)CC2CN(C)CCO2)cn1. The number of hydrogen-bond acceptors (Lipinski definition) is 4. The van der Waals surface area contributed by atoms with E-state index in [1.807, 2.05) is 24.0 Å². The molecule has 0 spiro atoms. The lowest BCUT2D eigenvalue weighted by Gasteiger charge is -2.34. The van der Waals surface area contributed by atoms with E-state index in [1.54, 1.807) is 6.20 Å². The Morgan fingerprint density at radius 1 is 1.41 bits per heavy atom. The van der Waals surface area contributed by atoms with Crippen molar-refractivity contribution in [2.75, 3.05) is 39.8 Å². The molecule has 2 aliphatic rings. The molecule has 0 radical (unpaired) electrons. The number of ether oxygens (including phenoxy) is 1. The van der Waals surface area contributed by atoms with Gasteiger partial charge in [-0.2, -0.15) is 0 Å². The Hall–Kier alpha value is -1.46. The molecule has 1 saturated heterocycles. The van der Waals surface area contributed by atoms with Gasteiger partial charge in [-0.25, -0.2) is 0 Å². The van der Waals surface area contributed by atoms with Crippen LogP contribution in [0.1, 0.15) is 28.9 Å². The number of aromatic nitrogens is 1. The van der Waals surface area contributed by atoms with Crippen molar-refractivity contribution in [1.29, 1.82) is 0 Å². The van der Waals surface area contributed by atoms with E-state index in [1.165, 1.54) is 12.8 Å². The second-order valence-electron chi connectivity index (χ2n) is 6.60. The summed E-state index contributed by atoms with van der Waals surface area (Å²) in [5.41, 5.74) is 1.61. The van der Waals surface area contributed by atoms with Crippen molar-refractivity contribution in [3.63, 3.8) is 0 Å². The third-order valence-corrected chi connectivity index (χ3v) is 4.39. The fraction of sp³-hybridized carbons (Fsp3) is 0.647. The zero-order valence-corrected chi connectivity index (χ0v) is 13.5. The summed E-state index contributed by atoms with van der Waals surface area (Å²) in [6, 6.07) is 3.77. The standard InChI is InChI=1S/C17H25N3O2/c1-13-3-6-15(9-18-13)17(21)20(10-14-4-5-14)12-16-11-19(2)7-8-22-16/h3,6,9,14,16H,4-5,7-8,10-12H2,1-2H3. The van der Waals surface area contributed by atoms with Crippen LogP contribution in [0.15, 0.2) is 18.3 Å². The van der Waals surface area contributed by atoms with E-state index in [4.69, 9.17) is 4.74 Å². The molecule has 5 nitrogen and oxygen atoms in total. The normalized spacial score (nSPS) is 22.5. The number of hydrogen-bond donors (Lipinski definition) is 0. The molecule has 2 heterocycles. The van der Waals surface area contributed by atoms with Gasteiger partial charge in [-0.15, -0.1) is 0 Å². The average Bonchev–Trinajstić information content (AvgIpc) is 3.31. The zero-order valence-electron chi connectivity index (χ0n) is 13.5. The third kappa shape index (κ3) is 4.05. The summed E-state index contributed by atoms with van der Waals surface area (Å²) in [5, 5.41) is 0. The molecule has 1 aromatic heterocycles. The summed E-state index contributed by atoms with van der Waals surface area (Å²) in [6.45, 7) is 6.06. The highest BCUT2D eigenvalue weighted by Gasteiger charge is 2.30. The molecule has 1 aliphatic carbocycles. The highest BCUT2D eigenvalue weighted by molar-refractivity contribution is 5.94. The Morgan fingerprint density at radius 2 is 2.23 bits per heavy atom. The first-order valence-corrected chi connectivity index (χ1v) is 8.14. The van der Waals surface area contributed by atoms with Crippen LogP contribution in [0.5, 0.6) is 0 Å². The predicted octanol–water partition coefficient (Wildman–Crippen LogP) is 1.57. The van der Waals surface area contributed by atoms with Crippen molar-refractivity contribution >= 4 is 5.91 Å². The summed E-state index contributed by atoms with van der Waals surface area (Å²) < 4.78 is 5.83. The van der Waals surface area contributed by atoms with Gasteiger partial charge in [0.05, 0.1) is 18.3 Å². The maximum Gasteiger partial charge on any atom is 0.255 e. The molecule has 1 aliphatic heterocycles. The van der Waals surface area contributed by atoms with E-state index in [2.05, 4.69) is 16.9 Å². The van der Waals surface area contributed by atoms with Gasteiger partial charge >= 0.3 is 0 Å². The second-order valence-corrected chi connectivity index (χ2v) is 6.60. The largest absolute Gasteiger partial charge is 0.374 e. The molecule has 1 amide bonds. The van der Waals surface area contributed by atoms with E-state index in [-0.39, 0.29) is 12.0 Å². The number of aryl methyl sites for hydroxylation is 1. The van der Waals surface area contributed by atoms with Gasteiger partial charge in [0.2, 0.25) is 0 Å². The number of carbonyl (C=O) groups is 1. The van der Waals surface area contributed by atoms with Crippen molar-refractivity contribution in [3.05, 3.63) is 29.6 Å². The monoisotopic (exact) mass is 303 g/mol. The molecule has 0 bridgehead atoms. The molecule has 1 unspecified atom stereocenters. The van der Waals surface area contributed by atoms with Crippen LogP contribution in [-0.4, -0.2) is 66.6 Å². The third-order valence-electron chi connectivity index (χ3n) is 4.39. The summed E-state index contributed by atoms with van der Waals surface area (Å²) in [7, 11) is 2.10. The van der Waals surface area contributed by atoms with Crippen LogP contribution in [0, 0.1) is 12.8 Å². The Kier molecular flexibility index (Phi) is 4.74. The first-order valence-electron chi connectivity index (χ1n) is 8.14. The molecule has 22 heavy (non-hydrogen) atoms. The lowest BCUT2D eigenvalue weighted by molar-refractivity contribution is -0.0331. The fourth-order valence-electron chi connectivity index (χ4n) is 2.85. The number of nitrogens with zero attached hydrogens (tertiary/aromatic N) is 3. The van der Waals surface area contributed by atoms with Crippen molar-refractivity contribution in [2.24, 2.45) is 5.92 Å². The van der Waals surface area contributed by atoms with Crippen molar-refractivity contribution in [1.82, 2.24) is 14.8 Å². The van der Waals surface area contributed by atoms with Gasteiger partial charge in [-0.3, -0.25) is 9.78 Å². The Labute approximate surface area is 132 Å². The molecule has 1 aromatic rings. The molecule has 120 valence electrons. The summed E-state index contributed by atoms with van der Waals surface area (Å²) >= 11 is 0. The molecule has 0 N–H and O–H groups in total. The van der Waals surface area contributed by atoms with Crippen LogP contribution in [0.25, 0.3) is 0 Å². The van der Waals surface area contributed by atoms with Gasteiger partial charge in [0, 0.05) is 38.1 Å². The van der Waals surface area contributed by atoms with Crippen molar-refractivity contribution in [3.8, 4) is 0 Å². The highest BCUT2D eigenvalue weighted by atomic mass is 16.5. The van der Waals surface area contributed by atoms with Gasteiger partial charge in [-0.1, -0.05) is 0 Å². The van der Waals surface area contributed by atoms with Gasteiger partial charge in [0.1, 0.15) is 0 Å². The van der Waals surface area contributed by atoms with E-state index >= 15 is 0 Å². The molecule has 2 fully saturated rings. The lowest BCUT2D eigenvalue weighted by Crippen LogP contribution is -2.48. The summed E-state index contributed by atoms with van der Waals surface area (Å²) in [5.74, 6) is 0.750. The minimum absolute atomic E-state index is 0.0798. The summed E-state index contributed by atoms with van der Waals surface area (Å²) in [4.78, 5) is 21.3. The van der Waals surface area contributed by atoms with Crippen LogP contribution in [0.3, 0.4) is 0 Å². The first-order chi connectivity index (χ1) is 10.6. The van der Waals surface area contributed by atoms with Gasteiger partial charge < -0.3 is 14.5 Å². The predicted molar refractivity (Wildman–Crippen MR) is 84.8 cm³/mol. The van der Waals surface area contributed by atoms with Gasteiger partial charge in [0.15, 0.2) is 0 Å². The number of amides is 1. The number of rotatable bonds is 5. The molecule has 5 heteroatoms. The van der Waals surface area contributed by atoms with Crippen LogP contribution < -0.4 is 0 Å². The molecule has 1 saturated carbocycles.